The first-order chi connectivity index (χ1) is 7.93. The molecule has 12 nitrogen and oxygen atoms in total. The smallest absolute Gasteiger partial charge is 0.543 e. The number of hydrogen-bond donors (Lipinski definition) is 3. The van der Waals surface area contributed by atoms with Crippen molar-refractivity contribution in [1.29, 1.82) is 0 Å². The fourth-order valence-electron chi connectivity index (χ4n) is 0. The molecule has 20 heavy (non-hydrogen) atoms. The first-order valence-corrected chi connectivity index (χ1v) is 3.26. The number of carboxylic acids is 6. The second-order valence-corrected chi connectivity index (χ2v) is 1.78. The van der Waals surface area contributed by atoms with Gasteiger partial charge in [-0.05, 0) is 0 Å². The molecule has 3 N–H and O–H groups in total. The zero-order valence-electron chi connectivity index (χ0n) is 9.35. The van der Waals surface area contributed by atoms with Crippen molar-refractivity contribution in [2.75, 3.05) is 0 Å². The monoisotopic (exact) mass is 365 g/mol. The Hall–Kier alpha value is -1.04. The van der Waals surface area contributed by atoms with E-state index in [0.29, 0.717) is 0 Å². The molecular formula is C6H3CoKO12. The van der Waals surface area contributed by atoms with Crippen molar-refractivity contribution in [1.82, 2.24) is 0 Å². The SMILES string of the molecule is O=C(O)C(=O)O.O=C([O-])C(=O)O.O=C([O-])C(=O)[O-].[Co+2].[K+]. The van der Waals surface area contributed by atoms with E-state index in [0.717, 1.165) is 0 Å². The van der Waals surface area contributed by atoms with E-state index in [4.69, 9.17) is 59.4 Å². The van der Waals surface area contributed by atoms with Gasteiger partial charge in [-0.25, -0.2) is 14.4 Å². The Bertz CT molecular complexity index is 283. The molecule has 1 radical (unpaired) electrons. The molecule has 0 saturated carbocycles. The Kier molecular flexibility index (Phi) is 28.2. The van der Waals surface area contributed by atoms with Gasteiger partial charge >= 0.3 is 86.1 Å². The van der Waals surface area contributed by atoms with E-state index >= 15 is 0 Å². The fraction of sp³-hybridized carbons (Fsp3) is 0. The summed E-state index contributed by atoms with van der Waals surface area (Å²) in [6, 6.07) is 0. The number of aliphatic carboxylic acids is 6. The van der Waals surface area contributed by atoms with Gasteiger partial charge in [0, 0.05) is 0 Å². The van der Waals surface area contributed by atoms with Crippen LogP contribution in [-0.4, -0.2) is 51.1 Å². The summed E-state index contributed by atoms with van der Waals surface area (Å²) in [5.74, 6) is -12.0. The van der Waals surface area contributed by atoms with Gasteiger partial charge in [0.2, 0.25) is 0 Å². The Morgan fingerprint density at radius 1 is 0.550 bits per heavy atom. The number of rotatable bonds is 0. The minimum atomic E-state index is -2.19. The van der Waals surface area contributed by atoms with E-state index in [2.05, 4.69) is 0 Å². The van der Waals surface area contributed by atoms with Gasteiger partial charge in [0.1, 0.15) is 0 Å². The average molecular weight is 365 g/mol. The quantitative estimate of drug-likeness (QED) is 0.268. The minimum absolute atomic E-state index is 0. The van der Waals surface area contributed by atoms with E-state index in [9.17, 15) is 0 Å². The molecule has 0 rings (SSSR count). The molecule has 14 heteroatoms. The number of carbonyl (C=O) groups is 6. The van der Waals surface area contributed by atoms with E-state index in [1.165, 1.54) is 0 Å². The first kappa shape index (κ1) is 31.4. The van der Waals surface area contributed by atoms with Crippen molar-refractivity contribution in [2.45, 2.75) is 0 Å². The van der Waals surface area contributed by atoms with Crippen LogP contribution in [0.25, 0.3) is 0 Å². The maximum Gasteiger partial charge on any atom is 2.00 e. The van der Waals surface area contributed by atoms with E-state index in [1.54, 1.807) is 0 Å². The largest absolute Gasteiger partial charge is 2.00 e. The maximum absolute atomic E-state index is 9.10. The molecule has 0 bridgehead atoms. The zero-order valence-corrected chi connectivity index (χ0v) is 13.5. The standard InChI is InChI=1S/3C2H2O4.Co.K/c3*3-1(4)2(5)6;;/h3*(H,3,4)(H,5,6);;/q;;;+2;+1/p-3. The van der Waals surface area contributed by atoms with Crippen LogP contribution in [-0.2, 0) is 45.5 Å². The van der Waals surface area contributed by atoms with Gasteiger partial charge in [0.15, 0.2) is 5.97 Å². The van der Waals surface area contributed by atoms with Crippen molar-refractivity contribution < 1.29 is 128 Å². The molecule has 0 aromatic heterocycles. The molecule has 0 aliphatic heterocycles. The summed E-state index contributed by atoms with van der Waals surface area (Å²) in [5, 5.41) is 49.0. The van der Waals surface area contributed by atoms with Crippen LogP contribution >= 0.6 is 0 Å². The van der Waals surface area contributed by atoms with Gasteiger partial charge in [-0.15, -0.1) is 0 Å². The normalized spacial score (nSPS) is 6.60. The fourth-order valence-corrected chi connectivity index (χ4v) is 0. The molecule has 0 atom stereocenters. The second kappa shape index (κ2) is 18.0. The van der Waals surface area contributed by atoms with Crippen LogP contribution in [0, 0.1) is 0 Å². The summed E-state index contributed by atoms with van der Waals surface area (Å²) in [6.45, 7) is 0. The van der Waals surface area contributed by atoms with E-state index in [-0.39, 0.29) is 68.2 Å². The molecule has 0 aliphatic rings. The predicted molar refractivity (Wildman–Crippen MR) is 37.9 cm³/mol. The minimum Gasteiger partial charge on any atom is -0.543 e. The average Bonchev–Trinajstić information content (AvgIpc) is 2.18. The topological polar surface area (TPSA) is 232 Å². The molecule has 0 aromatic carbocycles. The van der Waals surface area contributed by atoms with Gasteiger partial charge in [-0.1, -0.05) is 0 Å². The van der Waals surface area contributed by atoms with Crippen molar-refractivity contribution in [3.8, 4) is 0 Å². The second-order valence-electron chi connectivity index (χ2n) is 1.78. The molecule has 0 unspecified atom stereocenters. The summed E-state index contributed by atoms with van der Waals surface area (Å²) in [6.07, 6.45) is 0. The van der Waals surface area contributed by atoms with Gasteiger partial charge in [0.05, 0.1) is 11.9 Å². The van der Waals surface area contributed by atoms with Crippen LogP contribution in [0.15, 0.2) is 0 Å². The Morgan fingerprint density at radius 2 is 0.700 bits per heavy atom. The molecule has 109 valence electrons. The molecule has 0 fully saturated rings. The van der Waals surface area contributed by atoms with Gasteiger partial charge in [-0.3, -0.25) is 0 Å². The van der Waals surface area contributed by atoms with Crippen LogP contribution in [0.3, 0.4) is 0 Å². The summed E-state index contributed by atoms with van der Waals surface area (Å²) >= 11 is 0. The molecule has 0 aromatic rings. The van der Waals surface area contributed by atoms with Crippen molar-refractivity contribution >= 4 is 35.8 Å². The van der Waals surface area contributed by atoms with Crippen LogP contribution in [0.5, 0.6) is 0 Å². The molecule has 0 aliphatic carbocycles. The predicted octanol–water partition coefficient (Wildman–Crippen LogP) is -9.54. The van der Waals surface area contributed by atoms with Crippen LogP contribution in [0.1, 0.15) is 0 Å². The number of hydrogen-bond acceptors (Lipinski definition) is 9. The van der Waals surface area contributed by atoms with E-state index in [1.807, 2.05) is 0 Å². The summed E-state index contributed by atoms with van der Waals surface area (Å²) in [4.78, 5) is 54.1. The number of carboxylic acid groups (broad SMARTS) is 6. The Labute approximate surface area is 162 Å². The van der Waals surface area contributed by atoms with E-state index < -0.39 is 35.8 Å². The van der Waals surface area contributed by atoms with Crippen LogP contribution in [0.2, 0.25) is 0 Å². The van der Waals surface area contributed by atoms with Crippen LogP contribution < -0.4 is 66.7 Å². The van der Waals surface area contributed by atoms with Gasteiger partial charge in [0.25, 0.3) is 0 Å². The van der Waals surface area contributed by atoms with Crippen molar-refractivity contribution in [2.24, 2.45) is 0 Å². The van der Waals surface area contributed by atoms with Crippen molar-refractivity contribution in [3.05, 3.63) is 0 Å². The zero-order chi connectivity index (χ0) is 15.5. The van der Waals surface area contributed by atoms with Crippen LogP contribution in [0.4, 0.5) is 0 Å². The molecular weight excluding hydrogens is 362 g/mol. The van der Waals surface area contributed by atoms with Gasteiger partial charge in [-0.2, -0.15) is 0 Å². The molecule has 0 spiro atoms. The summed E-state index contributed by atoms with van der Waals surface area (Å²) in [5.41, 5.74) is 0. The third-order valence-electron chi connectivity index (χ3n) is 0.524. The molecule has 0 amide bonds. The van der Waals surface area contributed by atoms with Gasteiger partial charge < -0.3 is 45.0 Å². The summed E-state index contributed by atoms with van der Waals surface area (Å²) < 4.78 is 0. The molecule has 0 heterocycles. The number of carbonyl (C=O) groups excluding carboxylic acids is 3. The first-order valence-electron chi connectivity index (χ1n) is 3.26. The molecule has 0 saturated heterocycles. The summed E-state index contributed by atoms with van der Waals surface area (Å²) in [7, 11) is 0. The third kappa shape index (κ3) is 36.0. The maximum atomic E-state index is 9.10. The Morgan fingerprint density at radius 3 is 0.700 bits per heavy atom. The van der Waals surface area contributed by atoms with Crippen molar-refractivity contribution in [3.63, 3.8) is 0 Å². The Balaban J connectivity index is -0.0000000536. The third-order valence-corrected chi connectivity index (χ3v) is 0.524.